The Morgan fingerprint density at radius 1 is 1.41 bits per heavy atom. The van der Waals surface area contributed by atoms with Gasteiger partial charge in [-0.25, -0.2) is 0 Å². The summed E-state index contributed by atoms with van der Waals surface area (Å²) < 4.78 is 0. The van der Waals surface area contributed by atoms with Crippen LogP contribution in [0.2, 0.25) is 0 Å². The zero-order chi connectivity index (χ0) is 12.5. The van der Waals surface area contributed by atoms with Crippen LogP contribution in [0.4, 0.5) is 0 Å². The van der Waals surface area contributed by atoms with Crippen molar-refractivity contribution in [3.05, 3.63) is 0 Å². The van der Waals surface area contributed by atoms with Crippen LogP contribution in [0.1, 0.15) is 46.0 Å². The van der Waals surface area contributed by atoms with E-state index in [0.717, 1.165) is 25.3 Å². The second-order valence-electron chi connectivity index (χ2n) is 5.38. The molecule has 1 saturated heterocycles. The number of aliphatic hydroxyl groups is 1. The van der Waals surface area contributed by atoms with Gasteiger partial charge in [-0.15, -0.1) is 0 Å². The lowest BCUT2D eigenvalue weighted by Crippen LogP contribution is -2.44. The first-order chi connectivity index (χ1) is 8.27. The van der Waals surface area contributed by atoms with Gasteiger partial charge in [0.2, 0.25) is 0 Å². The SMILES string of the molecule is CCCN1CCCC(C(C)NCCCCO)C1. The Morgan fingerprint density at radius 2 is 2.24 bits per heavy atom. The van der Waals surface area contributed by atoms with Crippen molar-refractivity contribution in [3.63, 3.8) is 0 Å². The highest BCUT2D eigenvalue weighted by atomic mass is 16.2. The third-order valence-electron chi connectivity index (χ3n) is 3.84. The van der Waals surface area contributed by atoms with Crippen LogP contribution in [-0.4, -0.2) is 48.8 Å². The first-order valence-electron chi connectivity index (χ1n) is 7.34. The summed E-state index contributed by atoms with van der Waals surface area (Å²) in [5, 5.41) is 12.4. The molecule has 3 nitrogen and oxygen atoms in total. The van der Waals surface area contributed by atoms with Crippen molar-refractivity contribution in [1.82, 2.24) is 10.2 Å². The number of piperidine rings is 1. The Hall–Kier alpha value is -0.120. The van der Waals surface area contributed by atoms with E-state index in [1.807, 2.05) is 0 Å². The number of hydrogen-bond donors (Lipinski definition) is 2. The van der Waals surface area contributed by atoms with E-state index in [1.165, 1.54) is 38.9 Å². The Morgan fingerprint density at radius 3 is 2.94 bits per heavy atom. The van der Waals surface area contributed by atoms with Crippen LogP contribution in [0.25, 0.3) is 0 Å². The summed E-state index contributed by atoms with van der Waals surface area (Å²) in [7, 11) is 0. The number of unbranched alkanes of at least 4 members (excludes halogenated alkanes) is 1. The quantitative estimate of drug-likeness (QED) is 0.638. The lowest BCUT2D eigenvalue weighted by molar-refractivity contribution is 0.150. The second-order valence-corrected chi connectivity index (χ2v) is 5.38. The molecule has 1 rings (SSSR count). The Kier molecular flexibility index (Phi) is 7.82. The van der Waals surface area contributed by atoms with Gasteiger partial charge in [-0.3, -0.25) is 0 Å². The van der Waals surface area contributed by atoms with Crippen molar-refractivity contribution in [2.45, 2.75) is 52.0 Å². The minimum atomic E-state index is 0.323. The topological polar surface area (TPSA) is 35.5 Å². The van der Waals surface area contributed by atoms with E-state index in [1.54, 1.807) is 0 Å². The van der Waals surface area contributed by atoms with E-state index in [2.05, 4.69) is 24.1 Å². The molecule has 0 aliphatic carbocycles. The van der Waals surface area contributed by atoms with Crippen molar-refractivity contribution in [3.8, 4) is 0 Å². The summed E-state index contributed by atoms with van der Waals surface area (Å²) in [5.41, 5.74) is 0. The predicted octanol–water partition coefficient (Wildman–Crippen LogP) is 1.86. The Bertz CT molecular complexity index is 185. The summed E-state index contributed by atoms with van der Waals surface area (Å²) in [4.78, 5) is 2.61. The fraction of sp³-hybridized carbons (Fsp3) is 1.00. The molecule has 1 fully saturated rings. The summed E-state index contributed by atoms with van der Waals surface area (Å²) >= 11 is 0. The second kappa shape index (κ2) is 8.90. The molecule has 2 atom stereocenters. The van der Waals surface area contributed by atoms with Crippen LogP contribution in [0, 0.1) is 5.92 Å². The monoisotopic (exact) mass is 242 g/mol. The molecule has 0 aromatic rings. The van der Waals surface area contributed by atoms with E-state index < -0.39 is 0 Å². The molecule has 1 aliphatic heterocycles. The first kappa shape index (κ1) is 14.9. The fourth-order valence-electron chi connectivity index (χ4n) is 2.75. The molecule has 1 heterocycles. The Balaban J connectivity index is 2.18. The Labute approximate surface area is 107 Å². The fourth-order valence-corrected chi connectivity index (χ4v) is 2.75. The number of nitrogens with one attached hydrogen (secondary N) is 1. The van der Waals surface area contributed by atoms with Crippen LogP contribution < -0.4 is 5.32 Å². The van der Waals surface area contributed by atoms with Gasteiger partial charge >= 0.3 is 0 Å². The summed E-state index contributed by atoms with van der Waals surface area (Å²) in [6.07, 6.45) is 6.01. The van der Waals surface area contributed by atoms with Gasteiger partial charge in [-0.2, -0.15) is 0 Å². The van der Waals surface area contributed by atoms with Gasteiger partial charge in [0, 0.05) is 19.2 Å². The average Bonchev–Trinajstić information content (AvgIpc) is 2.35. The molecule has 0 aromatic carbocycles. The molecule has 2 unspecified atom stereocenters. The third-order valence-corrected chi connectivity index (χ3v) is 3.84. The molecule has 17 heavy (non-hydrogen) atoms. The summed E-state index contributed by atoms with van der Waals surface area (Å²) in [6, 6.07) is 0.619. The van der Waals surface area contributed by atoms with E-state index in [4.69, 9.17) is 5.11 Å². The van der Waals surface area contributed by atoms with Crippen molar-refractivity contribution < 1.29 is 5.11 Å². The van der Waals surface area contributed by atoms with Crippen molar-refractivity contribution >= 4 is 0 Å². The predicted molar refractivity (Wildman–Crippen MR) is 73.2 cm³/mol. The normalized spacial score (nSPS) is 23.8. The van der Waals surface area contributed by atoms with Crippen molar-refractivity contribution in [2.24, 2.45) is 5.92 Å². The van der Waals surface area contributed by atoms with Crippen LogP contribution in [-0.2, 0) is 0 Å². The molecule has 3 heteroatoms. The average molecular weight is 242 g/mol. The molecule has 0 aromatic heterocycles. The highest BCUT2D eigenvalue weighted by molar-refractivity contribution is 4.80. The summed E-state index contributed by atoms with van der Waals surface area (Å²) in [6.45, 7) is 9.77. The van der Waals surface area contributed by atoms with Crippen LogP contribution in [0.15, 0.2) is 0 Å². The number of rotatable bonds is 8. The van der Waals surface area contributed by atoms with Crippen LogP contribution >= 0.6 is 0 Å². The molecule has 1 aliphatic rings. The van der Waals surface area contributed by atoms with Gasteiger partial charge in [-0.05, 0) is 64.6 Å². The molecule has 2 N–H and O–H groups in total. The highest BCUT2D eigenvalue weighted by Gasteiger charge is 2.23. The number of hydrogen-bond acceptors (Lipinski definition) is 3. The lowest BCUT2D eigenvalue weighted by atomic mass is 9.91. The third kappa shape index (κ3) is 5.84. The van der Waals surface area contributed by atoms with Gasteiger partial charge in [-0.1, -0.05) is 6.92 Å². The van der Waals surface area contributed by atoms with Crippen LogP contribution in [0.5, 0.6) is 0 Å². The number of likely N-dealkylation sites (tertiary alicyclic amines) is 1. The maximum absolute atomic E-state index is 8.74. The lowest BCUT2D eigenvalue weighted by Gasteiger charge is -2.36. The maximum Gasteiger partial charge on any atom is 0.0431 e. The molecule has 0 radical (unpaired) electrons. The molecule has 0 spiro atoms. The van der Waals surface area contributed by atoms with Gasteiger partial charge in [0.1, 0.15) is 0 Å². The van der Waals surface area contributed by atoms with Crippen molar-refractivity contribution in [1.29, 1.82) is 0 Å². The summed E-state index contributed by atoms with van der Waals surface area (Å²) in [5.74, 6) is 0.810. The smallest absolute Gasteiger partial charge is 0.0431 e. The molecule has 0 saturated carbocycles. The highest BCUT2D eigenvalue weighted by Crippen LogP contribution is 2.19. The van der Waals surface area contributed by atoms with Gasteiger partial charge in [0.05, 0.1) is 0 Å². The zero-order valence-electron chi connectivity index (χ0n) is 11.6. The minimum absolute atomic E-state index is 0.323. The van der Waals surface area contributed by atoms with E-state index in [0.29, 0.717) is 12.6 Å². The van der Waals surface area contributed by atoms with Crippen molar-refractivity contribution in [2.75, 3.05) is 32.8 Å². The number of nitrogens with zero attached hydrogens (tertiary/aromatic N) is 1. The largest absolute Gasteiger partial charge is 0.396 e. The van der Waals surface area contributed by atoms with E-state index >= 15 is 0 Å². The first-order valence-corrected chi connectivity index (χ1v) is 7.34. The molecule has 0 bridgehead atoms. The molecular weight excluding hydrogens is 212 g/mol. The number of aliphatic hydroxyl groups excluding tert-OH is 1. The maximum atomic E-state index is 8.74. The van der Waals surface area contributed by atoms with Gasteiger partial charge in [0.25, 0.3) is 0 Å². The van der Waals surface area contributed by atoms with E-state index in [9.17, 15) is 0 Å². The molecule has 0 amide bonds. The minimum Gasteiger partial charge on any atom is -0.396 e. The van der Waals surface area contributed by atoms with E-state index in [-0.39, 0.29) is 0 Å². The standard InChI is InChI=1S/C14H30N2O/c1-3-9-16-10-6-7-14(12-16)13(2)15-8-4-5-11-17/h13-15,17H,3-12H2,1-2H3. The van der Waals surface area contributed by atoms with Gasteiger partial charge in [0.15, 0.2) is 0 Å². The zero-order valence-corrected chi connectivity index (χ0v) is 11.6. The molecule has 102 valence electrons. The van der Waals surface area contributed by atoms with Gasteiger partial charge < -0.3 is 15.3 Å². The molecular formula is C14H30N2O. The van der Waals surface area contributed by atoms with Crippen LogP contribution in [0.3, 0.4) is 0 Å².